The van der Waals surface area contributed by atoms with Crippen LogP contribution in [0.2, 0.25) is 0 Å². The van der Waals surface area contributed by atoms with Gasteiger partial charge in [0.1, 0.15) is 12.1 Å². The highest BCUT2D eigenvalue weighted by Gasteiger charge is 2.43. The van der Waals surface area contributed by atoms with Crippen molar-refractivity contribution >= 4 is 40.7 Å². The number of rotatable bonds is 1. The molecule has 0 unspecified atom stereocenters. The molecule has 11 heteroatoms. The summed E-state index contributed by atoms with van der Waals surface area (Å²) in [6.07, 6.45) is 4.84. The van der Waals surface area contributed by atoms with Gasteiger partial charge in [0.2, 0.25) is 5.91 Å². The van der Waals surface area contributed by atoms with Crippen LogP contribution in [0.4, 0.5) is 0 Å². The number of amides is 3. The lowest BCUT2D eigenvalue weighted by Crippen LogP contribution is -2.61. The van der Waals surface area contributed by atoms with Crippen LogP contribution in [0, 0.1) is 11.3 Å². The minimum atomic E-state index is -1.12. The fourth-order valence-electron chi connectivity index (χ4n) is 6.15. The molecule has 4 atom stereocenters. The summed E-state index contributed by atoms with van der Waals surface area (Å²) in [5.74, 6) is -2.09. The number of hydrogen-bond acceptors (Lipinski definition) is 8. The summed E-state index contributed by atoms with van der Waals surface area (Å²) >= 11 is 0. The number of aliphatic hydroxyl groups is 1. The van der Waals surface area contributed by atoms with Gasteiger partial charge in [-0.15, -0.1) is 0 Å². The Morgan fingerprint density at radius 3 is 2.41 bits per heavy atom. The predicted molar refractivity (Wildman–Crippen MR) is 164 cm³/mol. The lowest BCUT2D eigenvalue weighted by Gasteiger charge is -2.36. The summed E-state index contributed by atoms with van der Waals surface area (Å²) in [4.78, 5) is 58.7. The SMILES string of the molecule is CC(C)[C@H]1OC(=O)[C@]2(/C=C/c3ccc4ccc(nc4c3)[C@@H](C)NC(=O)[C@@H]3CCCN(N3)C(=O)[C@H](C)NC1=O)CC[C@H](O)CC2. The smallest absolute Gasteiger partial charge is 0.316 e. The summed E-state index contributed by atoms with van der Waals surface area (Å²) in [5, 5.41) is 18.3. The molecule has 3 heterocycles. The molecule has 1 saturated heterocycles. The first-order valence-corrected chi connectivity index (χ1v) is 15.6. The van der Waals surface area contributed by atoms with E-state index in [2.05, 4.69) is 16.1 Å². The van der Waals surface area contributed by atoms with Gasteiger partial charge in [0, 0.05) is 11.9 Å². The molecule has 11 nitrogen and oxygen atoms in total. The van der Waals surface area contributed by atoms with Crippen molar-refractivity contribution in [1.29, 1.82) is 0 Å². The maximum Gasteiger partial charge on any atom is 0.316 e. The summed E-state index contributed by atoms with van der Waals surface area (Å²) in [6, 6.07) is 7.74. The first-order valence-electron chi connectivity index (χ1n) is 15.6. The van der Waals surface area contributed by atoms with Crippen molar-refractivity contribution < 1.29 is 29.0 Å². The van der Waals surface area contributed by atoms with Crippen LogP contribution in [0.1, 0.15) is 83.5 Å². The molecule has 44 heavy (non-hydrogen) atoms. The van der Waals surface area contributed by atoms with Crippen molar-refractivity contribution in [3.8, 4) is 0 Å². The number of hydrogen-bond donors (Lipinski definition) is 4. The van der Waals surface area contributed by atoms with Crippen molar-refractivity contribution in [3.63, 3.8) is 0 Å². The molecule has 1 aromatic heterocycles. The largest absolute Gasteiger partial charge is 0.451 e. The van der Waals surface area contributed by atoms with Gasteiger partial charge in [0.25, 0.3) is 11.8 Å². The van der Waals surface area contributed by atoms with Gasteiger partial charge in [-0.1, -0.05) is 44.2 Å². The summed E-state index contributed by atoms with van der Waals surface area (Å²) in [7, 11) is 0. The zero-order chi connectivity index (χ0) is 31.6. The molecule has 1 spiro atoms. The quantitative estimate of drug-likeness (QED) is 0.363. The third kappa shape index (κ3) is 6.78. The molecule has 1 aliphatic carbocycles. The topological polar surface area (TPSA) is 150 Å². The Hall–Kier alpha value is -3.83. The zero-order valence-corrected chi connectivity index (χ0v) is 25.8. The fourth-order valence-corrected chi connectivity index (χ4v) is 6.15. The maximum atomic E-state index is 13.9. The zero-order valence-electron chi connectivity index (χ0n) is 25.8. The van der Waals surface area contributed by atoms with Gasteiger partial charge in [-0.05, 0) is 76.0 Å². The van der Waals surface area contributed by atoms with E-state index in [1.165, 1.54) is 5.01 Å². The number of benzene rings is 1. The number of carbonyl (C=O) groups excluding carboxylic acids is 4. The van der Waals surface area contributed by atoms with E-state index < -0.39 is 47.5 Å². The number of aromatic nitrogens is 1. The van der Waals surface area contributed by atoms with E-state index in [9.17, 15) is 24.3 Å². The molecule has 5 rings (SSSR count). The Labute approximate surface area is 257 Å². The third-order valence-corrected chi connectivity index (χ3v) is 8.98. The van der Waals surface area contributed by atoms with Crippen molar-refractivity contribution in [1.82, 2.24) is 26.1 Å². The van der Waals surface area contributed by atoms with E-state index in [4.69, 9.17) is 9.72 Å². The molecule has 0 radical (unpaired) electrons. The summed E-state index contributed by atoms with van der Waals surface area (Å²) in [5.41, 5.74) is 4.27. The van der Waals surface area contributed by atoms with E-state index in [-0.39, 0.29) is 17.9 Å². The monoisotopic (exact) mass is 605 g/mol. The molecule has 236 valence electrons. The Morgan fingerprint density at radius 1 is 0.977 bits per heavy atom. The standard InChI is InChI=1S/C33H43N5O6/c1-19(2)28-30(41)35-21(4)31(42)38-17-5-6-26(37-38)29(40)34-20(3)25-10-9-23-8-7-22(18-27(23)36-25)11-14-33(32(43)44-28)15-12-24(39)13-16-33/h7-11,14,18-21,24,26,28,37,39H,5-6,12-13,15-17H2,1-4H3,(H,34,40)(H,35,41)/b14-11+/t20-,21+,24-,26+,28-,33+/m1/s1. The number of nitrogens with zero attached hydrogens (tertiary/aromatic N) is 2. The second-order valence-corrected chi connectivity index (χ2v) is 12.8. The minimum Gasteiger partial charge on any atom is -0.451 e. The van der Waals surface area contributed by atoms with Crippen LogP contribution in [-0.2, 0) is 23.9 Å². The van der Waals surface area contributed by atoms with Crippen LogP contribution in [0.25, 0.3) is 17.0 Å². The lowest BCUT2D eigenvalue weighted by atomic mass is 9.72. The fraction of sp³-hybridized carbons (Fsp3) is 0.545. The van der Waals surface area contributed by atoms with E-state index >= 15 is 0 Å². The van der Waals surface area contributed by atoms with Crippen molar-refractivity contribution in [3.05, 3.63) is 47.7 Å². The van der Waals surface area contributed by atoms with Gasteiger partial charge < -0.3 is 20.5 Å². The van der Waals surface area contributed by atoms with Crippen LogP contribution in [0.5, 0.6) is 0 Å². The van der Waals surface area contributed by atoms with Crippen molar-refractivity contribution in [2.45, 2.75) is 96.6 Å². The average molecular weight is 606 g/mol. The summed E-state index contributed by atoms with van der Waals surface area (Å²) < 4.78 is 5.93. The van der Waals surface area contributed by atoms with Gasteiger partial charge in [-0.25, -0.2) is 5.43 Å². The normalized spacial score (nSPS) is 31.5. The van der Waals surface area contributed by atoms with Crippen LogP contribution >= 0.6 is 0 Å². The molecule has 1 saturated carbocycles. The number of aliphatic hydroxyl groups excluding tert-OH is 1. The number of ether oxygens (including phenoxy) is 1. The minimum absolute atomic E-state index is 0.245. The molecular formula is C33H43N5O6. The lowest BCUT2D eigenvalue weighted by molar-refractivity contribution is -0.168. The Morgan fingerprint density at radius 2 is 1.68 bits per heavy atom. The van der Waals surface area contributed by atoms with Crippen LogP contribution in [0.3, 0.4) is 0 Å². The molecule has 3 amide bonds. The van der Waals surface area contributed by atoms with E-state index in [1.54, 1.807) is 20.8 Å². The van der Waals surface area contributed by atoms with E-state index in [0.29, 0.717) is 50.8 Å². The van der Waals surface area contributed by atoms with E-state index in [1.807, 2.05) is 49.4 Å². The second kappa shape index (κ2) is 13.0. The number of esters is 1. The molecule has 2 aliphatic heterocycles. The third-order valence-electron chi connectivity index (χ3n) is 8.98. The van der Waals surface area contributed by atoms with Gasteiger partial charge >= 0.3 is 5.97 Å². The van der Waals surface area contributed by atoms with Crippen LogP contribution in [-0.4, -0.2) is 69.6 Å². The summed E-state index contributed by atoms with van der Waals surface area (Å²) in [6.45, 7) is 7.39. The van der Waals surface area contributed by atoms with Gasteiger partial charge in [-0.3, -0.25) is 29.2 Å². The molecule has 2 aromatic rings. The first kappa shape index (κ1) is 31.6. The number of carbonyl (C=O) groups is 4. The van der Waals surface area contributed by atoms with Gasteiger partial charge in [0.15, 0.2) is 6.10 Å². The number of nitrogens with one attached hydrogen (secondary N) is 3. The molecule has 3 aliphatic rings. The molecule has 4 N–H and O–H groups in total. The number of fused-ring (bicyclic) bond motifs is 4. The second-order valence-electron chi connectivity index (χ2n) is 12.8. The molecule has 1 aromatic carbocycles. The molecular weight excluding hydrogens is 562 g/mol. The van der Waals surface area contributed by atoms with Crippen LogP contribution in [0.15, 0.2) is 36.4 Å². The average Bonchev–Trinajstić information content (AvgIpc) is 3.01. The maximum absolute atomic E-state index is 13.9. The highest BCUT2D eigenvalue weighted by atomic mass is 16.5. The molecule has 2 fully saturated rings. The highest BCUT2D eigenvalue weighted by molar-refractivity contribution is 5.92. The van der Waals surface area contributed by atoms with E-state index in [0.717, 1.165) is 16.5 Å². The van der Waals surface area contributed by atoms with Gasteiger partial charge in [-0.2, -0.15) is 0 Å². The van der Waals surface area contributed by atoms with Crippen LogP contribution < -0.4 is 16.1 Å². The number of pyridine rings is 1. The Kier molecular flexibility index (Phi) is 9.36. The number of hydrazine groups is 1. The Balaban J connectivity index is 1.53. The first-order chi connectivity index (χ1) is 21.0. The predicted octanol–water partition coefficient (Wildman–Crippen LogP) is 2.93. The molecule has 5 bridgehead atoms. The van der Waals surface area contributed by atoms with Crippen molar-refractivity contribution in [2.75, 3.05) is 6.54 Å². The highest BCUT2D eigenvalue weighted by Crippen LogP contribution is 2.40. The van der Waals surface area contributed by atoms with Crippen molar-refractivity contribution in [2.24, 2.45) is 11.3 Å². The Bertz CT molecular complexity index is 1450. The number of cyclic esters (lactones) is 1. The van der Waals surface area contributed by atoms with Gasteiger partial charge in [0.05, 0.1) is 28.8 Å².